The third-order valence-corrected chi connectivity index (χ3v) is 2.96. The fourth-order valence-corrected chi connectivity index (χ4v) is 2.74. The Kier molecular flexibility index (Phi) is 5.10. The van der Waals surface area contributed by atoms with Crippen molar-refractivity contribution in [1.82, 2.24) is 5.32 Å². The van der Waals surface area contributed by atoms with Crippen molar-refractivity contribution >= 4 is 12.6 Å². The van der Waals surface area contributed by atoms with Crippen LogP contribution in [0.25, 0.3) is 0 Å². The molecule has 0 aromatic heterocycles. The molecular formula is C12H25NO2S. The molecule has 4 heteroatoms. The smallest absolute Gasteiger partial charge is 0.147 e. The van der Waals surface area contributed by atoms with Gasteiger partial charge in [0, 0.05) is 16.8 Å². The first-order chi connectivity index (χ1) is 7.35. The number of ether oxygens (including phenoxy) is 2. The average Bonchev–Trinajstić information content (AvgIpc) is 2.07. The van der Waals surface area contributed by atoms with Gasteiger partial charge in [-0.25, -0.2) is 0 Å². The van der Waals surface area contributed by atoms with E-state index in [1.165, 1.54) is 0 Å². The number of nitrogens with one attached hydrogen (secondary N) is 1. The van der Waals surface area contributed by atoms with Crippen LogP contribution in [0, 0.1) is 0 Å². The Morgan fingerprint density at radius 1 is 1.19 bits per heavy atom. The molecule has 16 heavy (non-hydrogen) atoms. The predicted octanol–water partition coefficient (Wildman–Crippen LogP) is 2.22. The van der Waals surface area contributed by atoms with E-state index in [9.17, 15) is 0 Å². The Labute approximate surface area is 105 Å². The third-order valence-electron chi connectivity index (χ3n) is 2.78. The first-order valence-corrected chi connectivity index (χ1v) is 6.57. The van der Waals surface area contributed by atoms with Gasteiger partial charge in [0.25, 0.3) is 0 Å². The summed E-state index contributed by atoms with van der Waals surface area (Å²) in [5.41, 5.74) is 0.270. The minimum Gasteiger partial charge on any atom is -0.355 e. The summed E-state index contributed by atoms with van der Waals surface area (Å²) in [5, 5.41) is 3.63. The van der Waals surface area contributed by atoms with Crippen LogP contribution in [0.2, 0.25) is 0 Å². The van der Waals surface area contributed by atoms with Crippen molar-refractivity contribution in [3.63, 3.8) is 0 Å². The van der Waals surface area contributed by atoms with Crippen molar-refractivity contribution in [3.05, 3.63) is 0 Å². The van der Waals surface area contributed by atoms with Crippen molar-refractivity contribution in [2.45, 2.75) is 57.7 Å². The molecular weight excluding hydrogens is 222 g/mol. The zero-order valence-electron chi connectivity index (χ0n) is 10.9. The molecule has 1 aliphatic rings. The van der Waals surface area contributed by atoms with E-state index in [4.69, 9.17) is 9.47 Å². The van der Waals surface area contributed by atoms with Gasteiger partial charge >= 0.3 is 0 Å². The van der Waals surface area contributed by atoms with Gasteiger partial charge < -0.3 is 14.8 Å². The number of hydrogen-bond acceptors (Lipinski definition) is 4. The van der Waals surface area contributed by atoms with E-state index < -0.39 is 0 Å². The van der Waals surface area contributed by atoms with Crippen LogP contribution < -0.4 is 5.32 Å². The van der Waals surface area contributed by atoms with E-state index in [1.54, 1.807) is 0 Å². The van der Waals surface area contributed by atoms with E-state index >= 15 is 0 Å². The van der Waals surface area contributed by atoms with Gasteiger partial charge in [-0.2, -0.15) is 12.6 Å². The van der Waals surface area contributed by atoms with Gasteiger partial charge in [-0.15, -0.1) is 0 Å². The lowest BCUT2D eigenvalue weighted by Gasteiger charge is -2.46. The molecule has 0 aromatic carbocycles. The number of rotatable bonds is 5. The summed E-state index contributed by atoms with van der Waals surface area (Å²) in [6, 6.07) is 0. The largest absolute Gasteiger partial charge is 0.355 e. The minimum atomic E-state index is 0.135. The summed E-state index contributed by atoms with van der Waals surface area (Å²) in [4.78, 5) is 0. The third kappa shape index (κ3) is 5.04. The van der Waals surface area contributed by atoms with Gasteiger partial charge in [0.1, 0.15) is 6.79 Å². The molecule has 0 spiro atoms. The molecule has 0 amide bonds. The van der Waals surface area contributed by atoms with Crippen molar-refractivity contribution < 1.29 is 9.47 Å². The molecule has 1 fully saturated rings. The van der Waals surface area contributed by atoms with Crippen molar-refractivity contribution in [3.8, 4) is 0 Å². The molecule has 0 atom stereocenters. The van der Waals surface area contributed by atoms with Crippen LogP contribution in [0.1, 0.15) is 40.5 Å². The summed E-state index contributed by atoms with van der Waals surface area (Å²) in [6.07, 6.45) is 2.34. The maximum atomic E-state index is 5.76. The van der Waals surface area contributed by atoms with Gasteiger partial charge in [-0.05, 0) is 40.5 Å². The fourth-order valence-electron chi connectivity index (χ4n) is 2.61. The van der Waals surface area contributed by atoms with Crippen molar-refractivity contribution in [1.29, 1.82) is 0 Å². The van der Waals surface area contributed by atoms with Gasteiger partial charge in [-0.3, -0.25) is 0 Å². The van der Waals surface area contributed by atoms with Crippen molar-refractivity contribution in [2.75, 3.05) is 19.2 Å². The zero-order valence-corrected chi connectivity index (χ0v) is 11.8. The van der Waals surface area contributed by atoms with E-state index in [0.717, 1.165) is 18.6 Å². The van der Waals surface area contributed by atoms with E-state index in [0.29, 0.717) is 13.4 Å². The molecule has 1 heterocycles. The number of piperidine rings is 1. The Balaban J connectivity index is 2.36. The number of thiol groups is 1. The highest BCUT2D eigenvalue weighted by atomic mass is 32.1. The van der Waals surface area contributed by atoms with Crippen LogP contribution in [0.4, 0.5) is 0 Å². The lowest BCUT2D eigenvalue weighted by Crippen LogP contribution is -2.59. The minimum absolute atomic E-state index is 0.135. The SMILES string of the molecule is CC1(C)CC(OCOCCS)CC(C)(C)N1. The molecule has 96 valence electrons. The predicted molar refractivity (Wildman–Crippen MR) is 70.1 cm³/mol. The Morgan fingerprint density at radius 2 is 1.75 bits per heavy atom. The maximum Gasteiger partial charge on any atom is 0.147 e. The second-order valence-electron chi connectivity index (χ2n) is 5.84. The van der Waals surface area contributed by atoms with Crippen LogP contribution in [-0.4, -0.2) is 36.3 Å². The molecule has 1 saturated heterocycles. The van der Waals surface area contributed by atoms with Crippen LogP contribution in [0.15, 0.2) is 0 Å². The van der Waals surface area contributed by atoms with Crippen LogP contribution >= 0.6 is 12.6 Å². The van der Waals surface area contributed by atoms with E-state index in [1.807, 2.05) is 0 Å². The van der Waals surface area contributed by atoms with E-state index in [-0.39, 0.29) is 17.2 Å². The Bertz CT molecular complexity index is 203. The lowest BCUT2D eigenvalue weighted by molar-refractivity contribution is -0.112. The lowest BCUT2D eigenvalue weighted by atomic mass is 9.81. The van der Waals surface area contributed by atoms with E-state index in [2.05, 4.69) is 45.6 Å². The second-order valence-corrected chi connectivity index (χ2v) is 6.29. The topological polar surface area (TPSA) is 30.5 Å². The average molecular weight is 247 g/mol. The summed E-state index contributed by atoms with van der Waals surface area (Å²) in [5.74, 6) is 0.743. The Morgan fingerprint density at radius 3 is 2.25 bits per heavy atom. The molecule has 0 radical (unpaired) electrons. The zero-order chi connectivity index (χ0) is 12.2. The first-order valence-electron chi connectivity index (χ1n) is 5.94. The Hall–Kier alpha value is 0.230. The summed E-state index contributed by atoms with van der Waals surface area (Å²) in [7, 11) is 0. The second kappa shape index (κ2) is 5.71. The van der Waals surface area contributed by atoms with Crippen molar-refractivity contribution in [2.24, 2.45) is 0 Å². The van der Waals surface area contributed by atoms with Crippen LogP contribution in [-0.2, 0) is 9.47 Å². The quantitative estimate of drug-likeness (QED) is 0.444. The normalized spacial score (nSPS) is 24.6. The van der Waals surface area contributed by atoms with Gasteiger partial charge in [0.05, 0.1) is 12.7 Å². The standard InChI is InChI=1S/C12H25NO2S/c1-11(2)7-10(8-12(3,4)13-11)15-9-14-5-6-16/h10,13,16H,5-9H2,1-4H3. The molecule has 0 saturated carbocycles. The summed E-state index contributed by atoms with van der Waals surface area (Å²) < 4.78 is 11.1. The summed E-state index contributed by atoms with van der Waals surface area (Å²) >= 11 is 4.09. The molecule has 0 unspecified atom stereocenters. The highest BCUT2D eigenvalue weighted by Gasteiger charge is 2.38. The monoisotopic (exact) mass is 247 g/mol. The number of hydrogen-bond donors (Lipinski definition) is 2. The van der Waals surface area contributed by atoms with Crippen LogP contribution in [0.5, 0.6) is 0 Å². The molecule has 0 bridgehead atoms. The molecule has 1 N–H and O–H groups in total. The van der Waals surface area contributed by atoms with Crippen LogP contribution in [0.3, 0.4) is 0 Å². The maximum absolute atomic E-state index is 5.76. The highest BCUT2D eigenvalue weighted by Crippen LogP contribution is 2.30. The highest BCUT2D eigenvalue weighted by molar-refractivity contribution is 7.80. The molecule has 0 aliphatic carbocycles. The first kappa shape index (κ1) is 14.3. The molecule has 3 nitrogen and oxygen atoms in total. The van der Waals surface area contributed by atoms with Gasteiger partial charge in [0.2, 0.25) is 0 Å². The molecule has 0 aromatic rings. The molecule has 1 rings (SSSR count). The molecule has 1 aliphatic heterocycles. The van der Waals surface area contributed by atoms with Gasteiger partial charge in [0.15, 0.2) is 0 Å². The van der Waals surface area contributed by atoms with Gasteiger partial charge in [-0.1, -0.05) is 0 Å². The summed E-state index contributed by atoms with van der Waals surface area (Å²) in [6.45, 7) is 9.92. The fraction of sp³-hybridized carbons (Fsp3) is 1.00.